The first-order valence-electron chi connectivity index (χ1n) is 13.1. The summed E-state index contributed by atoms with van der Waals surface area (Å²) < 4.78 is 59.8. The van der Waals surface area contributed by atoms with E-state index in [0.717, 1.165) is 6.42 Å². The Balaban J connectivity index is 1.29. The van der Waals surface area contributed by atoms with Crippen LogP contribution in [0.4, 0.5) is 4.39 Å². The Morgan fingerprint density at radius 1 is 1.10 bits per heavy atom. The molecule has 0 radical (unpaired) electrons. The van der Waals surface area contributed by atoms with Crippen molar-refractivity contribution in [3.63, 3.8) is 0 Å². The van der Waals surface area contributed by atoms with Gasteiger partial charge in [-0.3, -0.25) is 10.0 Å². The van der Waals surface area contributed by atoms with Crippen molar-refractivity contribution in [1.82, 2.24) is 10.2 Å². The summed E-state index contributed by atoms with van der Waals surface area (Å²) in [5.74, 6) is -1.11. The van der Waals surface area contributed by atoms with Gasteiger partial charge >= 0.3 is 0 Å². The largest absolute Gasteiger partial charge is 0.489 e. The molecule has 0 bridgehead atoms. The molecule has 9 nitrogen and oxygen atoms in total. The normalized spacial score (nSPS) is 18.8. The lowest BCUT2D eigenvalue weighted by molar-refractivity contribution is -0.135. The Labute approximate surface area is 243 Å². The highest BCUT2D eigenvalue weighted by Crippen LogP contribution is 2.30. The number of halogens is 2. The molecule has 3 aromatic carbocycles. The number of ether oxygens (including phenoxy) is 3. The topological polar surface area (TPSA) is 123 Å². The third kappa shape index (κ3) is 8.48. The Bertz CT molecular complexity index is 1410. The molecule has 1 aliphatic rings. The van der Waals surface area contributed by atoms with Gasteiger partial charge < -0.3 is 14.2 Å². The molecule has 4 rings (SSSR count). The molecule has 1 aliphatic heterocycles. The third-order valence-electron chi connectivity index (χ3n) is 6.74. The zero-order valence-electron chi connectivity index (χ0n) is 22.2. The van der Waals surface area contributed by atoms with Gasteiger partial charge in [0.1, 0.15) is 23.7 Å². The van der Waals surface area contributed by atoms with Gasteiger partial charge in [-0.1, -0.05) is 48.0 Å². The summed E-state index contributed by atoms with van der Waals surface area (Å²) >= 11 is 5.76. The zero-order chi connectivity index (χ0) is 29.3. The van der Waals surface area contributed by atoms with Gasteiger partial charge in [0.2, 0.25) is 10.0 Å². The van der Waals surface area contributed by atoms with Gasteiger partial charge in [-0.25, -0.2) is 18.3 Å². The average molecular weight is 607 g/mol. The fraction of sp³-hybridized carbons (Fsp3) is 0.345. The second-order valence-electron chi connectivity index (χ2n) is 9.75. The molecule has 0 aromatic heterocycles. The number of hydrogen-bond acceptors (Lipinski definition) is 7. The minimum absolute atomic E-state index is 0.0382. The molecule has 1 saturated heterocycles. The summed E-state index contributed by atoms with van der Waals surface area (Å²) in [4.78, 5) is 12.5. The van der Waals surface area contributed by atoms with Crippen molar-refractivity contribution in [1.29, 1.82) is 0 Å². The number of hydrogen-bond donors (Lipinski definition) is 3. The molecule has 2 atom stereocenters. The van der Waals surface area contributed by atoms with Gasteiger partial charge in [-0.15, -0.1) is 0 Å². The van der Waals surface area contributed by atoms with Crippen LogP contribution in [0.3, 0.4) is 0 Å². The molecule has 1 fully saturated rings. The maximum absolute atomic E-state index is 14.0. The lowest BCUT2D eigenvalue weighted by Crippen LogP contribution is -2.59. The number of carbonyl (C=O) groups is 1. The molecular weight excluding hydrogens is 575 g/mol. The van der Waals surface area contributed by atoms with Crippen molar-refractivity contribution < 1.29 is 37.0 Å². The van der Waals surface area contributed by atoms with Crippen LogP contribution >= 0.6 is 11.6 Å². The molecule has 3 N–H and O–H groups in total. The highest BCUT2D eigenvalue weighted by Gasteiger charge is 2.49. The van der Waals surface area contributed by atoms with Gasteiger partial charge in [0.25, 0.3) is 5.91 Å². The predicted molar refractivity (Wildman–Crippen MR) is 150 cm³/mol. The summed E-state index contributed by atoms with van der Waals surface area (Å²) in [5, 5.41) is 9.61. The maximum Gasteiger partial charge on any atom is 0.267 e. The number of sulfonamides is 1. The smallest absolute Gasteiger partial charge is 0.267 e. The van der Waals surface area contributed by atoms with Crippen molar-refractivity contribution in [3.8, 4) is 5.75 Å². The fourth-order valence-corrected chi connectivity index (χ4v) is 6.04. The highest BCUT2D eigenvalue weighted by molar-refractivity contribution is 7.89. The second kappa shape index (κ2) is 14.2. The van der Waals surface area contributed by atoms with E-state index in [2.05, 4.69) is 4.72 Å². The molecule has 12 heteroatoms. The SMILES string of the molecule is O=C(NO)C1(NS(=O)(=O)c2ccc(OCc3ccc(Cl)cc3F)cc2)COC(CCCOCCc2ccccc2)C1. The molecule has 0 spiro atoms. The lowest BCUT2D eigenvalue weighted by Gasteiger charge is -2.26. The number of amides is 1. The Morgan fingerprint density at radius 2 is 1.85 bits per heavy atom. The first-order valence-corrected chi connectivity index (χ1v) is 15.0. The van der Waals surface area contributed by atoms with Crippen LogP contribution in [0.1, 0.15) is 30.4 Å². The maximum atomic E-state index is 14.0. The minimum Gasteiger partial charge on any atom is -0.489 e. The van der Waals surface area contributed by atoms with E-state index in [1.165, 1.54) is 42.0 Å². The molecule has 3 aromatic rings. The number of carbonyl (C=O) groups excluding carboxylic acids is 1. The molecule has 2 unspecified atom stereocenters. The van der Waals surface area contributed by atoms with Crippen LogP contribution in [0, 0.1) is 5.82 Å². The minimum atomic E-state index is -4.19. The van der Waals surface area contributed by atoms with Crippen LogP contribution in [0.5, 0.6) is 5.75 Å². The molecule has 1 amide bonds. The van der Waals surface area contributed by atoms with Crippen LogP contribution in [0.25, 0.3) is 0 Å². The van der Waals surface area contributed by atoms with E-state index < -0.39 is 33.4 Å². The van der Waals surface area contributed by atoms with Crippen LogP contribution < -0.4 is 14.9 Å². The number of rotatable bonds is 14. The summed E-state index contributed by atoms with van der Waals surface area (Å²) in [7, 11) is -4.19. The van der Waals surface area contributed by atoms with Crippen molar-refractivity contribution in [2.75, 3.05) is 19.8 Å². The lowest BCUT2D eigenvalue weighted by atomic mass is 9.95. The van der Waals surface area contributed by atoms with E-state index in [9.17, 15) is 22.8 Å². The van der Waals surface area contributed by atoms with Crippen molar-refractivity contribution in [2.45, 2.75) is 48.8 Å². The standard InChI is InChI=1S/C29H32ClFN2O7S/c30-23-9-8-22(27(31)17-23)19-39-24-10-12-26(13-11-24)41(36,37)33-29(28(34)32-35)18-25(40-20-29)7-4-15-38-16-14-21-5-2-1-3-6-21/h1-3,5-6,8-13,17,25,33,35H,4,7,14-16,18-20H2,(H,32,34). The van der Waals surface area contributed by atoms with E-state index in [0.29, 0.717) is 37.4 Å². The fourth-order valence-electron chi connectivity index (χ4n) is 4.52. The third-order valence-corrected chi connectivity index (χ3v) is 8.53. The zero-order valence-corrected chi connectivity index (χ0v) is 23.8. The second-order valence-corrected chi connectivity index (χ2v) is 11.9. The first-order chi connectivity index (χ1) is 19.7. The Kier molecular flexibility index (Phi) is 10.7. The summed E-state index contributed by atoms with van der Waals surface area (Å²) in [6.07, 6.45) is 1.64. The first kappa shape index (κ1) is 30.9. The number of hydroxylamine groups is 1. The van der Waals surface area contributed by atoms with E-state index >= 15 is 0 Å². The van der Waals surface area contributed by atoms with Crippen molar-refractivity contribution >= 4 is 27.5 Å². The Hall–Kier alpha value is -3.06. The molecule has 0 aliphatic carbocycles. The molecule has 0 saturated carbocycles. The van der Waals surface area contributed by atoms with Crippen LogP contribution in [-0.2, 0) is 37.3 Å². The molecule has 220 valence electrons. The number of nitrogens with one attached hydrogen (secondary N) is 2. The van der Waals surface area contributed by atoms with Gasteiger partial charge in [-0.2, -0.15) is 4.72 Å². The van der Waals surface area contributed by atoms with Crippen LogP contribution in [-0.4, -0.2) is 51.0 Å². The van der Waals surface area contributed by atoms with Gasteiger partial charge in [0, 0.05) is 23.6 Å². The summed E-state index contributed by atoms with van der Waals surface area (Å²) in [6.45, 7) is 0.751. The summed E-state index contributed by atoms with van der Waals surface area (Å²) in [5.41, 5.74) is 1.36. The van der Waals surface area contributed by atoms with Gasteiger partial charge in [0.05, 0.1) is 24.2 Å². The van der Waals surface area contributed by atoms with Gasteiger partial charge in [0.15, 0.2) is 0 Å². The number of benzene rings is 3. The predicted octanol–water partition coefficient (Wildman–Crippen LogP) is 4.41. The van der Waals surface area contributed by atoms with Crippen molar-refractivity contribution in [2.24, 2.45) is 0 Å². The van der Waals surface area contributed by atoms with E-state index in [1.807, 2.05) is 30.3 Å². The Morgan fingerprint density at radius 3 is 2.56 bits per heavy atom. The summed E-state index contributed by atoms with van der Waals surface area (Å²) in [6, 6.07) is 19.7. The monoisotopic (exact) mass is 606 g/mol. The quantitative estimate of drug-likeness (QED) is 0.141. The molecule has 1 heterocycles. The van der Waals surface area contributed by atoms with Crippen LogP contribution in [0.2, 0.25) is 5.02 Å². The average Bonchev–Trinajstić information content (AvgIpc) is 3.37. The molecular formula is C29H32ClFN2O7S. The molecule has 41 heavy (non-hydrogen) atoms. The van der Waals surface area contributed by atoms with E-state index in [1.54, 1.807) is 11.5 Å². The van der Waals surface area contributed by atoms with E-state index in [-0.39, 0.29) is 29.6 Å². The van der Waals surface area contributed by atoms with E-state index in [4.69, 9.17) is 25.8 Å². The van der Waals surface area contributed by atoms with Crippen LogP contribution in [0.15, 0.2) is 77.7 Å². The van der Waals surface area contributed by atoms with Gasteiger partial charge in [-0.05, 0) is 61.2 Å². The van der Waals surface area contributed by atoms with Crippen molar-refractivity contribution in [3.05, 3.63) is 94.8 Å². The highest BCUT2D eigenvalue weighted by atomic mass is 35.5.